The Balaban J connectivity index is 4.90. The van der Waals surface area contributed by atoms with Gasteiger partial charge in [-0.05, 0) is 51.7 Å². The van der Waals surface area contributed by atoms with Crippen molar-refractivity contribution in [3.05, 3.63) is 12.2 Å². The molecule has 6 heteroatoms. The van der Waals surface area contributed by atoms with Gasteiger partial charge in [-0.1, -0.05) is 65.5 Å². The van der Waals surface area contributed by atoms with E-state index in [0.717, 1.165) is 12.8 Å². The molecular weight excluding hydrogens is 382 g/mol. The van der Waals surface area contributed by atoms with Crippen molar-refractivity contribution in [2.75, 3.05) is 6.61 Å². The van der Waals surface area contributed by atoms with Crippen molar-refractivity contribution >= 4 is 14.4 Å². The van der Waals surface area contributed by atoms with E-state index < -0.39 is 32.2 Å². The van der Waals surface area contributed by atoms with Crippen LogP contribution >= 0.6 is 0 Å². The van der Waals surface area contributed by atoms with Crippen molar-refractivity contribution in [1.29, 1.82) is 0 Å². The fourth-order valence-corrected chi connectivity index (χ4v) is 3.46. The van der Waals surface area contributed by atoms with Crippen molar-refractivity contribution in [3.8, 4) is 0 Å². The molecule has 1 amide bonds. The summed E-state index contributed by atoms with van der Waals surface area (Å²) < 4.78 is 11.6. The first-order chi connectivity index (χ1) is 13.2. The SMILES string of the molecule is CCCCCCC/C=C/[C@@H](O)[C@H](CO[Si](C)(C)C(C)(C)C)NC(=O)OC(C)(C)C. The number of unbranched alkanes of at least 4 members (excludes halogenated alkanes) is 5. The summed E-state index contributed by atoms with van der Waals surface area (Å²) >= 11 is 0. The summed E-state index contributed by atoms with van der Waals surface area (Å²) in [5, 5.41) is 13.5. The zero-order chi connectivity index (χ0) is 22.7. The first-order valence-electron chi connectivity index (χ1n) is 11.2. The molecule has 0 aromatic rings. The third kappa shape index (κ3) is 13.1. The van der Waals surface area contributed by atoms with Crippen LogP contribution in [0.3, 0.4) is 0 Å². The Bertz CT molecular complexity index is 492. The molecular formula is C23H47NO4Si. The summed E-state index contributed by atoms with van der Waals surface area (Å²) in [6.07, 6.45) is 9.47. The summed E-state index contributed by atoms with van der Waals surface area (Å²) in [5.41, 5.74) is -0.589. The first kappa shape index (κ1) is 28.1. The molecule has 0 fully saturated rings. The van der Waals surface area contributed by atoms with E-state index >= 15 is 0 Å². The maximum atomic E-state index is 12.3. The molecule has 2 atom stereocenters. The fraction of sp³-hybridized carbons (Fsp3) is 0.870. The van der Waals surface area contributed by atoms with Gasteiger partial charge in [-0.15, -0.1) is 0 Å². The number of alkyl carbamates (subject to hydrolysis) is 1. The Labute approximate surface area is 180 Å². The molecule has 0 unspecified atom stereocenters. The summed E-state index contributed by atoms with van der Waals surface area (Å²) in [6.45, 7) is 18.8. The molecule has 2 N–H and O–H groups in total. The molecule has 0 radical (unpaired) electrons. The van der Waals surface area contributed by atoms with Crippen LogP contribution in [0.4, 0.5) is 4.79 Å². The molecule has 0 aliphatic heterocycles. The summed E-state index contributed by atoms with van der Waals surface area (Å²) in [7, 11) is -2.00. The highest BCUT2D eigenvalue weighted by Gasteiger charge is 2.38. The van der Waals surface area contributed by atoms with Crippen LogP contribution in [-0.2, 0) is 9.16 Å². The molecule has 5 nitrogen and oxygen atoms in total. The highest BCUT2D eigenvalue weighted by molar-refractivity contribution is 6.74. The van der Waals surface area contributed by atoms with Gasteiger partial charge in [-0.2, -0.15) is 0 Å². The summed E-state index contributed by atoms with van der Waals surface area (Å²) in [6, 6.07) is -0.546. The van der Waals surface area contributed by atoms with Crippen molar-refractivity contribution in [3.63, 3.8) is 0 Å². The van der Waals surface area contributed by atoms with Crippen LogP contribution in [0.15, 0.2) is 12.2 Å². The summed E-state index contributed by atoms with van der Waals surface area (Å²) in [5.74, 6) is 0. The minimum atomic E-state index is -2.00. The topological polar surface area (TPSA) is 67.8 Å². The lowest BCUT2D eigenvalue weighted by molar-refractivity contribution is 0.0411. The first-order valence-corrected chi connectivity index (χ1v) is 14.1. The minimum absolute atomic E-state index is 0.0583. The van der Waals surface area contributed by atoms with E-state index in [1.807, 2.05) is 26.8 Å². The van der Waals surface area contributed by atoms with E-state index in [1.54, 1.807) is 6.08 Å². The average Bonchev–Trinajstić information content (AvgIpc) is 2.54. The van der Waals surface area contributed by atoms with Crippen molar-refractivity contribution in [1.82, 2.24) is 5.32 Å². The fourth-order valence-electron chi connectivity index (χ4n) is 2.43. The Morgan fingerprint density at radius 1 is 1.07 bits per heavy atom. The van der Waals surface area contributed by atoms with Gasteiger partial charge in [-0.3, -0.25) is 0 Å². The van der Waals surface area contributed by atoms with Gasteiger partial charge < -0.3 is 19.6 Å². The minimum Gasteiger partial charge on any atom is -0.444 e. The van der Waals surface area contributed by atoms with E-state index in [9.17, 15) is 9.90 Å². The molecule has 0 aliphatic rings. The quantitative estimate of drug-likeness (QED) is 0.221. The van der Waals surface area contributed by atoms with Crippen LogP contribution < -0.4 is 5.32 Å². The molecule has 172 valence electrons. The number of hydrogen-bond donors (Lipinski definition) is 2. The Morgan fingerprint density at radius 2 is 1.66 bits per heavy atom. The van der Waals surface area contributed by atoms with Crippen molar-refractivity contribution in [2.45, 2.75) is 123 Å². The molecule has 0 spiro atoms. The van der Waals surface area contributed by atoms with Gasteiger partial charge in [0.25, 0.3) is 0 Å². The number of ether oxygens (including phenoxy) is 1. The number of amides is 1. The van der Waals surface area contributed by atoms with Crippen LogP contribution in [0, 0.1) is 0 Å². The zero-order valence-electron chi connectivity index (χ0n) is 20.4. The van der Waals surface area contributed by atoms with Crippen LogP contribution in [-0.4, -0.2) is 43.9 Å². The highest BCUT2D eigenvalue weighted by Crippen LogP contribution is 2.36. The number of aliphatic hydroxyl groups is 1. The lowest BCUT2D eigenvalue weighted by Crippen LogP contribution is -2.51. The van der Waals surface area contributed by atoms with Crippen molar-refractivity contribution < 1.29 is 19.1 Å². The second-order valence-electron chi connectivity index (χ2n) is 10.4. The molecule has 0 saturated carbocycles. The van der Waals surface area contributed by atoms with Gasteiger partial charge in [0.15, 0.2) is 8.32 Å². The number of carbonyl (C=O) groups excluding carboxylic acids is 1. The lowest BCUT2D eigenvalue weighted by atomic mass is 10.1. The van der Waals surface area contributed by atoms with Gasteiger partial charge in [-0.25, -0.2) is 4.79 Å². The molecule has 0 aromatic heterocycles. The average molecular weight is 430 g/mol. The molecule has 0 heterocycles. The number of hydrogen-bond acceptors (Lipinski definition) is 4. The maximum absolute atomic E-state index is 12.3. The number of nitrogens with one attached hydrogen (secondary N) is 1. The van der Waals surface area contributed by atoms with Crippen LogP contribution in [0.2, 0.25) is 18.1 Å². The predicted octanol–water partition coefficient (Wildman–Crippen LogP) is 6.18. The van der Waals surface area contributed by atoms with Gasteiger partial charge in [0.1, 0.15) is 5.60 Å². The largest absolute Gasteiger partial charge is 0.444 e. The molecule has 0 rings (SSSR count). The third-order valence-corrected chi connectivity index (χ3v) is 9.85. The third-order valence-electron chi connectivity index (χ3n) is 5.35. The Morgan fingerprint density at radius 3 is 2.17 bits per heavy atom. The Hall–Kier alpha value is -0.853. The number of carbonyl (C=O) groups is 1. The van der Waals surface area contributed by atoms with E-state index in [2.05, 4.69) is 46.1 Å². The van der Waals surface area contributed by atoms with Crippen LogP contribution in [0.1, 0.15) is 87.0 Å². The predicted molar refractivity (Wildman–Crippen MR) is 125 cm³/mol. The lowest BCUT2D eigenvalue weighted by Gasteiger charge is -2.37. The standard InChI is InChI=1S/C23H47NO4Si/c1-10-11-12-13-14-15-16-17-20(25)19(24-21(26)28-22(2,3)4)18-27-29(8,9)23(5,6)7/h16-17,19-20,25H,10-15,18H2,1-9H3,(H,24,26)/b17-16+/t19-,20+/m0/s1. The number of allylic oxidation sites excluding steroid dienone is 1. The van der Waals surface area contributed by atoms with Gasteiger partial charge in [0, 0.05) is 0 Å². The molecule has 0 aromatic carbocycles. The molecule has 0 aliphatic carbocycles. The number of aliphatic hydroxyl groups excluding tert-OH is 1. The maximum Gasteiger partial charge on any atom is 0.408 e. The highest BCUT2D eigenvalue weighted by atomic mass is 28.4. The van der Waals surface area contributed by atoms with E-state index in [0.29, 0.717) is 0 Å². The monoisotopic (exact) mass is 429 g/mol. The van der Waals surface area contributed by atoms with E-state index in [1.165, 1.54) is 25.7 Å². The van der Waals surface area contributed by atoms with E-state index in [4.69, 9.17) is 9.16 Å². The van der Waals surface area contributed by atoms with E-state index in [-0.39, 0.29) is 11.6 Å². The molecule has 29 heavy (non-hydrogen) atoms. The smallest absolute Gasteiger partial charge is 0.408 e. The summed E-state index contributed by atoms with van der Waals surface area (Å²) in [4.78, 5) is 12.3. The normalized spacial score (nSPS) is 15.4. The van der Waals surface area contributed by atoms with Crippen LogP contribution in [0.5, 0.6) is 0 Å². The number of rotatable bonds is 12. The van der Waals surface area contributed by atoms with Gasteiger partial charge in [0.2, 0.25) is 0 Å². The van der Waals surface area contributed by atoms with Gasteiger partial charge in [0.05, 0.1) is 18.8 Å². The second kappa shape index (κ2) is 12.8. The van der Waals surface area contributed by atoms with Crippen molar-refractivity contribution in [2.24, 2.45) is 0 Å². The molecule has 0 saturated heterocycles. The van der Waals surface area contributed by atoms with Crippen LogP contribution in [0.25, 0.3) is 0 Å². The molecule has 0 bridgehead atoms. The Kier molecular flexibility index (Phi) is 12.4. The van der Waals surface area contributed by atoms with Gasteiger partial charge >= 0.3 is 6.09 Å². The second-order valence-corrected chi connectivity index (χ2v) is 15.3. The zero-order valence-corrected chi connectivity index (χ0v) is 21.4.